The molecule has 1 N–H and O–H groups in total. The van der Waals surface area contributed by atoms with E-state index >= 15 is 0 Å². The van der Waals surface area contributed by atoms with Crippen molar-refractivity contribution in [3.8, 4) is 0 Å². The summed E-state index contributed by atoms with van der Waals surface area (Å²) in [7, 11) is 1.27. The van der Waals surface area contributed by atoms with Gasteiger partial charge in [-0.25, -0.2) is 9.87 Å². The highest BCUT2D eigenvalue weighted by Crippen LogP contribution is 2.22. The summed E-state index contributed by atoms with van der Waals surface area (Å²) < 4.78 is 19.3. The number of azide groups is 1. The van der Waals surface area contributed by atoms with Gasteiger partial charge in [0.15, 0.2) is 0 Å². The smallest absolute Gasteiger partial charge is 0.277 e. The number of nitrogens with one attached hydrogen (secondary N) is 1. The van der Waals surface area contributed by atoms with Gasteiger partial charge in [-0.3, -0.25) is 9.63 Å². The summed E-state index contributed by atoms with van der Waals surface area (Å²) in [5, 5.41) is 3.45. The van der Waals surface area contributed by atoms with Crippen molar-refractivity contribution in [3.63, 3.8) is 0 Å². The van der Waals surface area contributed by atoms with E-state index in [9.17, 15) is 9.18 Å². The van der Waals surface area contributed by atoms with Crippen LogP contribution < -0.4 is 10.4 Å². The quantitative estimate of drug-likeness (QED) is 0.386. The zero-order chi connectivity index (χ0) is 15.2. The van der Waals surface area contributed by atoms with Gasteiger partial charge < -0.3 is 9.64 Å². The van der Waals surface area contributed by atoms with Gasteiger partial charge in [-0.2, -0.15) is 0 Å². The standard InChI is InChI=1S/C12H14FN5O3/c1-20-16-12(19)10-3-2-8(4-11(10)13)18-6-9(21-7-18)5-15-17-14/h2-4,9H,5-7H2,1H3,(H,16,19)/t9-/m1/s1. The zero-order valence-corrected chi connectivity index (χ0v) is 11.3. The molecule has 1 aromatic rings. The van der Waals surface area contributed by atoms with Gasteiger partial charge in [-0.1, -0.05) is 5.11 Å². The SMILES string of the molecule is CONC(=O)c1ccc(N2CO[C@H](CN=[N+]=[N-])C2)cc1F. The molecule has 8 nitrogen and oxygen atoms in total. The molecule has 21 heavy (non-hydrogen) atoms. The van der Waals surface area contributed by atoms with Crippen molar-refractivity contribution in [1.29, 1.82) is 0 Å². The molecular weight excluding hydrogens is 281 g/mol. The third-order valence-corrected chi connectivity index (χ3v) is 3.00. The highest BCUT2D eigenvalue weighted by Gasteiger charge is 2.24. The topological polar surface area (TPSA) is 99.6 Å². The van der Waals surface area contributed by atoms with Crippen molar-refractivity contribution in [2.75, 3.05) is 31.8 Å². The Kier molecular flexibility index (Phi) is 4.94. The Morgan fingerprint density at radius 1 is 1.71 bits per heavy atom. The van der Waals surface area contributed by atoms with Crippen molar-refractivity contribution in [3.05, 3.63) is 40.0 Å². The number of hydrogen-bond acceptors (Lipinski definition) is 5. The number of hydrogen-bond donors (Lipinski definition) is 1. The molecule has 1 heterocycles. The van der Waals surface area contributed by atoms with Crippen LogP contribution in [0.5, 0.6) is 0 Å². The molecule has 0 unspecified atom stereocenters. The van der Waals surface area contributed by atoms with Crippen LogP contribution in [0.1, 0.15) is 10.4 Å². The van der Waals surface area contributed by atoms with E-state index in [-0.39, 0.29) is 24.9 Å². The van der Waals surface area contributed by atoms with Crippen molar-refractivity contribution >= 4 is 11.6 Å². The molecule has 1 fully saturated rings. The van der Waals surface area contributed by atoms with E-state index in [0.717, 1.165) is 0 Å². The molecule has 112 valence electrons. The van der Waals surface area contributed by atoms with Gasteiger partial charge in [0.1, 0.15) is 12.5 Å². The van der Waals surface area contributed by atoms with Crippen LogP contribution in [0, 0.1) is 5.82 Å². The highest BCUT2D eigenvalue weighted by atomic mass is 19.1. The Balaban J connectivity index is 2.07. The predicted octanol–water partition coefficient (Wildman–Crippen LogP) is 1.59. The van der Waals surface area contributed by atoms with Gasteiger partial charge in [0.05, 0.1) is 25.3 Å². The molecule has 1 amide bonds. The average Bonchev–Trinajstić information content (AvgIpc) is 2.94. The lowest BCUT2D eigenvalue weighted by molar-refractivity contribution is 0.0533. The minimum absolute atomic E-state index is 0.105. The Morgan fingerprint density at radius 2 is 2.52 bits per heavy atom. The minimum atomic E-state index is -0.652. The predicted molar refractivity (Wildman–Crippen MR) is 72.0 cm³/mol. The van der Waals surface area contributed by atoms with Crippen LogP contribution in [0.4, 0.5) is 10.1 Å². The fourth-order valence-corrected chi connectivity index (χ4v) is 2.00. The van der Waals surface area contributed by atoms with Crippen LogP contribution in [0.15, 0.2) is 23.3 Å². The van der Waals surface area contributed by atoms with Crippen molar-refractivity contribution in [2.45, 2.75) is 6.10 Å². The summed E-state index contributed by atoms with van der Waals surface area (Å²) in [6.07, 6.45) is -0.222. The fourth-order valence-electron chi connectivity index (χ4n) is 2.00. The van der Waals surface area contributed by atoms with Crippen LogP contribution in [0.3, 0.4) is 0 Å². The molecule has 1 aromatic carbocycles. The summed E-state index contributed by atoms with van der Waals surface area (Å²) in [6, 6.07) is 4.25. The first-order chi connectivity index (χ1) is 10.2. The van der Waals surface area contributed by atoms with Crippen LogP contribution in [0.25, 0.3) is 10.4 Å². The molecule has 9 heteroatoms. The Labute approximate surface area is 120 Å². The van der Waals surface area contributed by atoms with Crippen LogP contribution >= 0.6 is 0 Å². The minimum Gasteiger partial charge on any atom is -0.356 e. The first-order valence-corrected chi connectivity index (χ1v) is 6.16. The number of nitrogens with zero attached hydrogens (tertiary/aromatic N) is 4. The maximum atomic E-state index is 13.9. The second-order valence-electron chi connectivity index (χ2n) is 4.35. The molecule has 1 aliphatic heterocycles. The van der Waals surface area contributed by atoms with Gasteiger partial charge in [-0.15, -0.1) is 0 Å². The number of benzene rings is 1. The fraction of sp³-hybridized carbons (Fsp3) is 0.417. The number of carbonyl (C=O) groups is 1. The van der Waals surface area contributed by atoms with E-state index in [0.29, 0.717) is 12.2 Å². The Bertz CT molecular complexity index is 576. The van der Waals surface area contributed by atoms with Crippen LogP contribution in [-0.4, -0.2) is 38.9 Å². The lowest BCUT2D eigenvalue weighted by Gasteiger charge is -2.16. The molecule has 0 spiro atoms. The lowest BCUT2D eigenvalue weighted by Crippen LogP contribution is -2.25. The number of amides is 1. The summed E-state index contributed by atoms with van der Waals surface area (Å²) >= 11 is 0. The second kappa shape index (κ2) is 6.89. The van der Waals surface area contributed by atoms with Gasteiger partial charge >= 0.3 is 0 Å². The molecule has 1 atom stereocenters. The first-order valence-electron chi connectivity index (χ1n) is 6.16. The molecule has 1 aliphatic rings. The zero-order valence-electron chi connectivity index (χ0n) is 11.3. The second-order valence-corrected chi connectivity index (χ2v) is 4.35. The van der Waals surface area contributed by atoms with Gasteiger partial charge in [0.2, 0.25) is 0 Å². The normalized spacial score (nSPS) is 17.4. The van der Waals surface area contributed by atoms with E-state index in [2.05, 4.69) is 20.3 Å². The molecule has 0 saturated carbocycles. The molecule has 0 bridgehead atoms. The van der Waals surface area contributed by atoms with E-state index in [1.807, 2.05) is 0 Å². The van der Waals surface area contributed by atoms with E-state index in [1.54, 1.807) is 11.0 Å². The lowest BCUT2D eigenvalue weighted by atomic mass is 10.1. The number of ether oxygens (including phenoxy) is 1. The third-order valence-electron chi connectivity index (χ3n) is 3.00. The van der Waals surface area contributed by atoms with Crippen molar-refractivity contribution in [1.82, 2.24) is 5.48 Å². The summed E-state index contributed by atoms with van der Waals surface area (Å²) in [6.45, 7) is 0.987. The summed E-state index contributed by atoms with van der Waals surface area (Å²) in [5.41, 5.74) is 10.8. The van der Waals surface area contributed by atoms with Gasteiger partial charge in [0.25, 0.3) is 5.91 Å². The Hall–Kier alpha value is -2.35. The maximum Gasteiger partial charge on any atom is 0.277 e. The maximum absolute atomic E-state index is 13.9. The monoisotopic (exact) mass is 295 g/mol. The van der Waals surface area contributed by atoms with E-state index in [4.69, 9.17) is 10.3 Å². The number of rotatable bonds is 5. The van der Waals surface area contributed by atoms with Gasteiger partial charge in [-0.05, 0) is 23.7 Å². The Morgan fingerprint density at radius 3 is 3.19 bits per heavy atom. The average molecular weight is 295 g/mol. The first kappa shape index (κ1) is 15.0. The molecular formula is C12H14FN5O3. The number of hydroxylamine groups is 1. The third kappa shape index (κ3) is 3.60. The van der Waals surface area contributed by atoms with Gasteiger partial charge in [0, 0.05) is 17.1 Å². The highest BCUT2D eigenvalue weighted by molar-refractivity contribution is 5.94. The van der Waals surface area contributed by atoms with Crippen molar-refractivity contribution in [2.24, 2.45) is 5.11 Å². The molecule has 0 radical (unpaired) electrons. The summed E-state index contributed by atoms with van der Waals surface area (Å²) in [4.78, 5) is 20.4. The molecule has 0 aliphatic carbocycles. The number of halogens is 1. The van der Waals surface area contributed by atoms with Crippen LogP contribution in [-0.2, 0) is 9.57 Å². The van der Waals surface area contributed by atoms with E-state index in [1.165, 1.54) is 19.2 Å². The molecule has 0 aromatic heterocycles. The molecule has 2 rings (SSSR count). The van der Waals surface area contributed by atoms with Crippen LogP contribution in [0.2, 0.25) is 0 Å². The number of carbonyl (C=O) groups excluding carboxylic acids is 1. The molecule has 1 saturated heterocycles. The van der Waals surface area contributed by atoms with Crippen molar-refractivity contribution < 1.29 is 18.8 Å². The largest absolute Gasteiger partial charge is 0.356 e. The summed E-state index contributed by atoms with van der Waals surface area (Å²) in [5.74, 6) is -1.30. The number of anilines is 1. The van der Waals surface area contributed by atoms with E-state index < -0.39 is 11.7 Å².